The van der Waals surface area contributed by atoms with Crippen LogP contribution in [0.5, 0.6) is 0 Å². The number of methoxy groups -OCH3 is 1. The molecule has 6 nitrogen and oxygen atoms in total. The first-order valence-electron chi connectivity index (χ1n) is 7.53. The summed E-state index contributed by atoms with van der Waals surface area (Å²) in [4.78, 5) is 27.2. The van der Waals surface area contributed by atoms with Crippen LogP contribution in [0.4, 0.5) is 4.79 Å². The summed E-state index contributed by atoms with van der Waals surface area (Å²) in [5, 5.41) is 3.55. The maximum Gasteiger partial charge on any atom is 0.408 e. The largest absolute Gasteiger partial charge is 0.467 e. The number of alkyl carbamates (subject to hydrolysis) is 1. The Balaban J connectivity index is 2.22. The number of halogens is 1. The van der Waals surface area contributed by atoms with Gasteiger partial charge in [0.05, 0.1) is 7.11 Å². The van der Waals surface area contributed by atoms with Gasteiger partial charge in [0.15, 0.2) is 0 Å². The minimum absolute atomic E-state index is 0.286. The van der Waals surface area contributed by atoms with Gasteiger partial charge in [-0.25, -0.2) is 9.59 Å². The van der Waals surface area contributed by atoms with Crippen LogP contribution in [0.15, 0.2) is 28.9 Å². The molecule has 0 bridgehead atoms. The molecule has 0 aliphatic heterocycles. The van der Waals surface area contributed by atoms with Crippen LogP contribution >= 0.6 is 15.9 Å². The van der Waals surface area contributed by atoms with Crippen LogP contribution in [0, 0.1) is 0 Å². The van der Waals surface area contributed by atoms with E-state index in [2.05, 4.69) is 26.2 Å². The maximum absolute atomic E-state index is 12.0. The van der Waals surface area contributed by atoms with Gasteiger partial charge in [0.2, 0.25) is 0 Å². The maximum atomic E-state index is 12.0. The minimum atomic E-state index is -0.837. The lowest BCUT2D eigenvalue weighted by Crippen LogP contribution is -2.45. The topological polar surface area (TPSA) is 80.4 Å². The highest BCUT2D eigenvalue weighted by Gasteiger charge is 2.26. The predicted molar refractivity (Wildman–Crippen MR) is 94.9 cm³/mol. The van der Waals surface area contributed by atoms with Gasteiger partial charge >= 0.3 is 12.1 Å². The van der Waals surface area contributed by atoms with Crippen molar-refractivity contribution in [2.75, 3.05) is 7.11 Å². The molecule has 0 aliphatic carbocycles. The number of fused-ring (bicyclic) bond motifs is 1. The monoisotopic (exact) mass is 396 g/mol. The highest BCUT2D eigenvalue weighted by atomic mass is 79.9. The fourth-order valence-electron chi connectivity index (χ4n) is 2.37. The molecule has 130 valence electrons. The van der Waals surface area contributed by atoms with Crippen molar-refractivity contribution in [2.24, 2.45) is 0 Å². The van der Waals surface area contributed by atoms with E-state index in [9.17, 15) is 9.59 Å². The van der Waals surface area contributed by atoms with Crippen LogP contribution in [0.3, 0.4) is 0 Å². The first kappa shape index (κ1) is 18.3. The third kappa shape index (κ3) is 4.50. The van der Waals surface area contributed by atoms with E-state index in [1.165, 1.54) is 7.11 Å². The molecule has 1 amide bonds. The Kier molecular flexibility index (Phi) is 5.54. The number of nitrogens with one attached hydrogen (secondary N) is 2. The van der Waals surface area contributed by atoms with E-state index in [4.69, 9.17) is 9.47 Å². The number of carbonyl (C=O) groups excluding carboxylic acids is 2. The lowest BCUT2D eigenvalue weighted by atomic mass is 10.1. The second-order valence-electron chi connectivity index (χ2n) is 6.40. The summed E-state index contributed by atoms with van der Waals surface area (Å²) >= 11 is 3.51. The molecular weight excluding hydrogens is 376 g/mol. The van der Waals surface area contributed by atoms with E-state index in [0.717, 1.165) is 20.9 Å². The van der Waals surface area contributed by atoms with E-state index < -0.39 is 23.7 Å². The van der Waals surface area contributed by atoms with Gasteiger partial charge in [-0.1, -0.05) is 22.0 Å². The van der Waals surface area contributed by atoms with Crippen molar-refractivity contribution in [1.29, 1.82) is 0 Å². The molecular formula is C17H21BrN2O4. The number of rotatable bonds is 4. The van der Waals surface area contributed by atoms with Gasteiger partial charge in [0, 0.05) is 28.0 Å². The molecule has 1 atom stereocenters. The summed E-state index contributed by atoms with van der Waals surface area (Å²) < 4.78 is 10.9. The van der Waals surface area contributed by atoms with Crippen molar-refractivity contribution in [1.82, 2.24) is 10.3 Å². The molecule has 1 heterocycles. The van der Waals surface area contributed by atoms with Crippen molar-refractivity contribution in [3.05, 3.63) is 34.4 Å². The number of aromatic amines is 1. The quantitative estimate of drug-likeness (QED) is 0.774. The molecule has 2 N–H and O–H groups in total. The standard InChI is InChI=1S/C17H21BrN2O4/c1-17(2,3)24-16(22)20-13(15(21)23-4)8-10-9-19-12-7-5-6-11(18)14(10)12/h5-7,9,13,19H,8H2,1-4H3,(H,20,22)/t13-/m0/s1. The molecule has 0 spiro atoms. The molecule has 24 heavy (non-hydrogen) atoms. The Morgan fingerprint density at radius 3 is 2.67 bits per heavy atom. The zero-order chi connectivity index (χ0) is 17.9. The molecule has 0 saturated carbocycles. The van der Waals surface area contributed by atoms with Crippen LogP contribution in [0.25, 0.3) is 10.9 Å². The van der Waals surface area contributed by atoms with Gasteiger partial charge < -0.3 is 19.8 Å². The zero-order valence-electron chi connectivity index (χ0n) is 14.1. The van der Waals surface area contributed by atoms with E-state index in [-0.39, 0.29) is 6.42 Å². The number of benzene rings is 1. The van der Waals surface area contributed by atoms with Gasteiger partial charge in [-0.3, -0.25) is 0 Å². The van der Waals surface area contributed by atoms with Gasteiger partial charge in [0.25, 0.3) is 0 Å². The Labute approximate surface area is 149 Å². The lowest BCUT2D eigenvalue weighted by molar-refractivity contribution is -0.143. The zero-order valence-corrected chi connectivity index (χ0v) is 15.7. The first-order valence-corrected chi connectivity index (χ1v) is 8.32. The number of aromatic nitrogens is 1. The highest BCUT2D eigenvalue weighted by molar-refractivity contribution is 9.10. The molecule has 1 aromatic carbocycles. The van der Waals surface area contributed by atoms with Gasteiger partial charge in [-0.05, 0) is 38.5 Å². The fourth-order valence-corrected chi connectivity index (χ4v) is 2.99. The number of hydrogen-bond acceptors (Lipinski definition) is 4. The molecule has 1 aromatic heterocycles. The SMILES string of the molecule is COC(=O)[C@H](Cc1c[nH]c2cccc(Br)c12)NC(=O)OC(C)(C)C. The first-order chi connectivity index (χ1) is 11.2. The lowest BCUT2D eigenvalue weighted by Gasteiger charge is -2.22. The molecule has 0 unspecified atom stereocenters. The molecule has 0 aliphatic rings. The van der Waals surface area contributed by atoms with E-state index >= 15 is 0 Å². The number of amides is 1. The average molecular weight is 397 g/mol. The van der Waals surface area contributed by atoms with Gasteiger partial charge in [-0.2, -0.15) is 0 Å². The molecule has 2 aromatic rings. The summed E-state index contributed by atoms with van der Waals surface area (Å²) in [6.07, 6.45) is 1.45. The second-order valence-corrected chi connectivity index (χ2v) is 7.26. The normalized spacial score (nSPS) is 12.7. The van der Waals surface area contributed by atoms with Crippen LogP contribution < -0.4 is 5.32 Å². The van der Waals surface area contributed by atoms with Crippen molar-refractivity contribution < 1.29 is 19.1 Å². The summed E-state index contributed by atoms with van der Waals surface area (Å²) in [5.74, 6) is -0.526. The molecule has 0 radical (unpaired) electrons. The number of hydrogen-bond donors (Lipinski definition) is 2. The molecule has 0 saturated heterocycles. The number of esters is 1. The highest BCUT2D eigenvalue weighted by Crippen LogP contribution is 2.27. The van der Waals surface area contributed by atoms with Crippen LogP contribution in [0.1, 0.15) is 26.3 Å². The summed E-state index contributed by atoms with van der Waals surface area (Å²) in [5.41, 5.74) is 1.19. The van der Waals surface area contributed by atoms with E-state index in [0.29, 0.717) is 0 Å². The number of carbonyl (C=O) groups is 2. The fraction of sp³-hybridized carbons (Fsp3) is 0.412. The Morgan fingerprint density at radius 1 is 1.33 bits per heavy atom. The minimum Gasteiger partial charge on any atom is -0.467 e. The molecule has 0 fully saturated rings. The van der Waals surface area contributed by atoms with Crippen molar-refractivity contribution in [3.63, 3.8) is 0 Å². The van der Waals surface area contributed by atoms with Crippen LogP contribution in [-0.2, 0) is 20.7 Å². The molecule has 2 rings (SSSR count). The Hall–Kier alpha value is -2.02. The third-order valence-electron chi connectivity index (χ3n) is 3.34. The van der Waals surface area contributed by atoms with Crippen molar-refractivity contribution >= 4 is 38.9 Å². The molecule has 7 heteroatoms. The Bertz CT molecular complexity index is 749. The Morgan fingerprint density at radius 2 is 2.04 bits per heavy atom. The van der Waals surface area contributed by atoms with Crippen molar-refractivity contribution in [3.8, 4) is 0 Å². The second kappa shape index (κ2) is 7.25. The van der Waals surface area contributed by atoms with E-state index in [1.54, 1.807) is 20.8 Å². The number of ether oxygens (including phenoxy) is 2. The van der Waals surface area contributed by atoms with Crippen molar-refractivity contribution in [2.45, 2.75) is 38.8 Å². The van der Waals surface area contributed by atoms with Crippen LogP contribution in [0.2, 0.25) is 0 Å². The summed E-state index contributed by atoms with van der Waals surface area (Å²) in [6.45, 7) is 5.28. The smallest absolute Gasteiger partial charge is 0.408 e. The summed E-state index contributed by atoms with van der Waals surface area (Å²) in [6, 6.07) is 4.95. The van der Waals surface area contributed by atoms with E-state index in [1.807, 2.05) is 24.4 Å². The number of H-pyrrole nitrogens is 1. The van der Waals surface area contributed by atoms with Crippen LogP contribution in [-0.4, -0.2) is 35.8 Å². The average Bonchev–Trinajstić information content (AvgIpc) is 2.88. The van der Waals surface area contributed by atoms with Gasteiger partial charge in [0.1, 0.15) is 11.6 Å². The van der Waals surface area contributed by atoms with Gasteiger partial charge in [-0.15, -0.1) is 0 Å². The summed E-state index contributed by atoms with van der Waals surface area (Å²) in [7, 11) is 1.29. The predicted octanol–water partition coefficient (Wildman–Crippen LogP) is 3.54. The third-order valence-corrected chi connectivity index (χ3v) is 4.00.